The first kappa shape index (κ1) is 18.2. The van der Waals surface area contributed by atoms with Gasteiger partial charge in [0.05, 0.1) is 0 Å². The highest BCUT2D eigenvalue weighted by molar-refractivity contribution is 5.97. The van der Waals surface area contributed by atoms with Crippen LogP contribution in [0.1, 0.15) is 31.2 Å². The van der Waals surface area contributed by atoms with E-state index in [9.17, 15) is 9.59 Å². The van der Waals surface area contributed by atoms with E-state index in [1.165, 1.54) is 16.0 Å². The Morgan fingerprint density at radius 1 is 1.12 bits per heavy atom. The summed E-state index contributed by atoms with van der Waals surface area (Å²) in [6, 6.07) is 10.4. The van der Waals surface area contributed by atoms with Gasteiger partial charge in [-0.15, -0.1) is 0 Å². The average Bonchev–Trinajstić information content (AvgIpc) is 2.68. The molecule has 138 valence electrons. The lowest BCUT2D eigenvalue weighted by Gasteiger charge is -2.31. The first-order valence-electron chi connectivity index (χ1n) is 9.22. The number of guanidine groups is 1. The Kier molecular flexibility index (Phi) is 6.04. The summed E-state index contributed by atoms with van der Waals surface area (Å²) < 4.78 is 0. The van der Waals surface area contributed by atoms with Gasteiger partial charge in [-0.2, -0.15) is 0 Å². The maximum Gasteiger partial charge on any atom is 0.229 e. The fourth-order valence-electron chi connectivity index (χ4n) is 3.44. The van der Waals surface area contributed by atoms with Gasteiger partial charge in [-0.25, -0.2) is 0 Å². The number of carbonyl (C=O) groups excluding carboxylic acids is 2. The smallest absolute Gasteiger partial charge is 0.229 e. The molecule has 6 heteroatoms. The number of imide groups is 1. The SMILES string of the molecule is CN=C(NCCN1C(=O)CCCC1=O)N1CC=C(c2ccccc2)CC1. The van der Waals surface area contributed by atoms with Crippen LogP contribution in [0.4, 0.5) is 0 Å². The van der Waals surface area contributed by atoms with Crippen LogP contribution in [0.25, 0.3) is 5.57 Å². The Labute approximate surface area is 154 Å². The molecule has 26 heavy (non-hydrogen) atoms. The Bertz CT molecular complexity index is 696. The number of nitrogens with one attached hydrogen (secondary N) is 1. The van der Waals surface area contributed by atoms with Gasteiger partial charge in [-0.05, 0) is 24.0 Å². The highest BCUT2D eigenvalue weighted by Crippen LogP contribution is 2.21. The molecule has 0 saturated carbocycles. The summed E-state index contributed by atoms with van der Waals surface area (Å²) in [4.78, 5) is 31.6. The van der Waals surface area contributed by atoms with Crippen LogP contribution < -0.4 is 5.32 Å². The van der Waals surface area contributed by atoms with Crippen LogP contribution in [0.2, 0.25) is 0 Å². The van der Waals surface area contributed by atoms with Crippen LogP contribution in [0.15, 0.2) is 41.4 Å². The van der Waals surface area contributed by atoms with Gasteiger partial charge in [0, 0.05) is 46.1 Å². The highest BCUT2D eigenvalue weighted by Gasteiger charge is 2.25. The number of carbonyl (C=O) groups is 2. The van der Waals surface area contributed by atoms with Gasteiger partial charge >= 0.3 is 0 Å². The molecule has 0 radical (unpaired) electrons. The molecule has 1 saturated heterocycles. The van der Waals surface area contributed by atoms with Crippen molar-refractivity contribution in [2.75, 3.05) is 33.2 Å². The van der Waals surface area contributed by atoms with Crippen molar-refractivity contribution < 1.29 is 9.59 Å². The molecule has 2 amide bonds. The lowest BCUT2D eigenvalue weighted by Crippen LogP contribution is -2.48. The lowest BCUT2D eigenvalue weighted by molar-refractivity contribution is -0.147. The van der Waals surface area contributed by atoms with Crippen LogP contribution >= 0.6 is 0 Å². The molecule has 2 aliphatic heterocycles. The second kappa shape index (κ2) is 8.65. The third kappa shape index (κ3) is 4.31. The number of piperidine rings is 1. The molecule has 1 fully saturated rings. The van der Waals surface area contributed by atoms with Gasteiger partial charge < -0.3 is 10.2 Å². The molecule has 0 atom stereocenters. The zero-order valence-corrected chi connectivity index (χ0v) is 15.3. The van der Waals surface area contributed by atoms with Crippen molar-refractivity contribution in [2.45, 2.75) is 25.7 Å². The normalized spacial score (nSPS) is 18.8. The highest BCUT2D eigenvalue weighted by atomic mass is 16.2. The molecule has 1 N–H and O–H groups in total. The molecule has 2 heterocycles. The summed E-state index contributed by atoms with van der Waals surface area (Å²) in [5, 5.41) is 3.28. The standard InChI is InChI=1S/C20H26N4O2/c1-21-20(22-12-15-24-18(25)8-5-9-19(24)26)23-13-10-17(11-14-23)16-6-3-2-4-7-16/h2-4,6-7,10H,5,8-9,11-15H2,1H3,(H,21,22). The van der Waals surface area contributed by atoms with Gasteiger partial charge in [0.1, 0.15) is 0 Å². The van der Waals surface area contributed by atoms with Crippen molar-refractivity contribution in [1.29, 1.82) is 0 Å². The Hall–Kier alpha value is -2.63. The zero-order chi connectivity index (χ0) is 18.4. The molecule has 3 rings (SSSR count). The molecule has 0 aromatic heterocycles. The number of nitrogens with zero attached hydrogens (tertiary/aromatic N) is 3. The first-order chi connectivity index (χ1) is 12.7. The minimum atomic E-state index is -0.0635. The molecule has 6 nitrogen and oxygen atoms in total. The first-order valence-corrected chi connectivity index (χ1v) is 9.22. The second-order valence-electron chi connectivity index (χ2n) is 6.56. The second-order valence-corrected chi connectivity index (χ2v) is 6.56. The number of amides is 2. The molecule has 0 spiro atoms. The fraction of sp³-hybridized carbons (Fsp3) is 0.450. The Morgan fingerprint density at radius 2 is 1.85 bits per heavy atom. The number of aliphatic imine (C=N–C) groups is 1. The molecular formula is C20H26N4O2. The molecule has 2 aliphatic rings. The van der Waals surface area contributed by atoms with Crippen LogP contribution in [0, 0.1) is 0 Å². The van der Waals surface area contributed by atoms with Crippen molar-refractivity contribution >= 4 is 23.3 Å². The maximum absolute atomic E-state index is 11.9. The Morgan fingerprint density at radius 3 is 2.46 bits per heavy atom. The van der Waals surface area contributed by atoms with Crippen LogP contribution in [0.5, 0.6) is 0 Å². The van der Waals surface area contributed by atoms with E-state index in [0.717, 1.165) is 25.5 Å². The fourth-order valence-corrected chi connectivity index (χ4v) is 3.44. The van der Waals surface area contributed by atoms with E-state index in [1.807, 2.05) is 6.07 Å². The molecule has 1 aromatic rings. The largest absolute Gasteiger partial charge is 0.354 e. The predicted octanol–water partition coefficient (Wildman–Crippen LogP) is 1.89. The van der Waals surface area contributed by atoms with E-state index in [0.29, 0.717) is 32.4 Å². The molecule has 1 aromatic carbocycles. The van der Waals surface area contributed by atoms with E-state index in [1.54, 1.807) is 7.05 Å². The van der Waals surface area contributed by atoms with E-state index < -0.39 is 0 Å². The summed E-state index contributed by atoms with van der Waals surface area (Å²) >= 11 is 0. The summed E-state index contributed by atoms with van der Waals surface area (Å²) in [5.41, 5.74) is 2.64. The summed E-state index contributed by atoms with van der Waals surface area (Å²) in [5.74, 6) is 0.683. The van der Waals surface area contributed by atoms with Crippen molar-refractivity contribution in [1.82, 2.24) is 15.1 Å². The maximum atomic E-state index is 11.9. The van der Waals surface area contributed by atoms with Crippen molar-refractivity contribution in [3.63, 3.8) is 0 Å². The monoisotopic (exact) mass is 354 g/mol. The number of hydrogen-bond donors (Lipinski definition) is 1. The minimum Gasteiger partial charge on any atom is -0.354 e. The van der Waals surface area contributed by atoms with Gasteiger partial charge in [0.15, 0.2) is 5.96 Å². The van der Waals surface area contributed by atoms with Gasteiger partial charge in [-0.3, -0.25) is 19.5 Å². The lowest BCUT2D eigenvalue weighted by atomic mass is 10.00. The van der Waals surface area contributed by atoms with E-state index in [-0.39, 0.29) is 11.8 Å². The van der Waals surface area contributed by atoms with Crippen LogP contribution in [0.3, 0.4) is 0 Å². The number of rotatable bonds is 4. The summed E-state index contributed by atoms with van der Waals surface area (Å²) in [7, 11) is 1.76. The number of hydrogen-bond acceptors (Lipinski definition) is 3. The van der Waals surface area contributed by atoms with Crippen molar-refractivity contribution in [3.8, 4) is 0 Å². The predicted molar refractivity (Wildman–Crippen MR) is 103 cm³/mol. The summed E-state index contributed by atoms with van der Waals surface area (Å²) in [6.07, 6.45) is 4.82. The molecule has 0 aliphatic carbocycles. The minimum absolute atomic E-state index is 0.0635. The molecule has 0 unspecified atom stereocenters. The van der Waals surface area contributed by atoms with Crippen molar-refractivity contribution in [2.24, 2.45) is 4.99 Å². The van der Waals surface area contributed by atoms with Gasteiger partial charge in [0.2, 0.25) is 11.8 Å². The number of likely N-dealkylation sites (tertiary alicyclic amines) is 1. The Balaban J connectivity index is 1.51. The van der Waals surface area contributed by atoms with Crippen molar-refractivity contribution in [3.05, 3.63) is 42.0 Å². The average molecular weight is 354 g/mol. The number of benzene rings is 1. The topological polar surface area (TPSA) is 65.0 Å². The third-order valence-corrected chi connectivity index (χ3v) is 4.87. The van der Waals surface area contributed by atoms with Crippen LogP contribution in [-0.4, -0.2) is 60.8 Å². The molecular weight excluding hydrogens is 328 g/mol. The van der Waals surface area contributed by atoms with E-state index >= 15 is 0 Å². The van der Waals surface area contributed by atoms with E-state index in [2.05, 4.69) is 45.6 Å². The van der Waals surface area contributed by atoms with Gasteiger partial charge in [-0.1, -0.05) is 36.4 Å². The van der Waals surface area contributed by atoms with E-state index in [4.69, 9.17) is 0 Å². The van der Waals surface area contributed by atoms with Gasteiger partial charge in [0.25, 0.3) is 0 Å². The quantitative estimate of drug-likeness (QED) is 0.509. The van der Waals surface area contributed by atoms with Crippen LogP contribution in [-0.2, 0) is 9.59 Å². The zero-order valence-electron chi connectivity index (χ0n) is 15.3. The summed E-state index contributed by atoms with van der Waals surface area (Å²) in [6.45, 7) is 2.61. The third-order valence-electron chi connectivity index (χ3n) is 4.87. The molecule has 0 bridgehead atoms.